The highest BCUT2D eigenvalue weighted by molar-refractivity contribution is 9.10. The molecule has 0 radical (unpaired) electrons. The van der Waals surface area contributed by atoms with Crippen molar-refractivity contribution in [2.24, 2.45) is 5.10 Å². The molecule has 9 nitrogen and oxygen atoms in total. The van der Waals surface area contributed by atoms with Crippen molar-refractivity contribution in [2.75, 3.05) is 6.61 Å². The average Bonchev–Trinajstić information content (AvgIpc) is 2.79. The second-order valence-electron chi connectivity index (χ2n) is 6.28. The van der Waals surface area contributed by atoms with Crippen molar-refractivity contribution in [3.8, 4) is 11.5 Å². The highest BCUT2D eigenvalue weighted by atomic mass is 79.9. The molecular weight excluding hydrogens is 482 g/mol. The summed E-state index contributed by atoms with van der Waals surface area (Å²) < 4.78 is 11.3. The number of rotatable bonds is 8. The summed E-state index contributed by atoms with van der Waals surface area (Å²) in [6, 6.07) is 19.1. The fourth-order valence-corrected chi connectivity index (χ4v) is 2.89. The number of carbonyl (C=O) groups is 2. The Kier molecular flexibility index (Phi) is 7.65. The van der Waals surface area contributed by atoms with Gasteiger partial charge in [-0.05, 0) is 54.1 Å². The smallest absolute Gasteiger partial charge is 0.343 e. The average molecular weight is 498 g/mol. The predicted octanol–water partition coefficient (Wildman–Crippen LogP) is 4.11. The lowest BCUT2D eigenvalue weighted by Crippen LogP contribution is -2.24. The van der Waals surface area contributed by atoms with Crippen LogP contribution in [0.3, 0.4) is 0 Å². The van der Waals surface area contributed by atoms with Crippen molar-refractivity contribution in [3.05, 3.63) is 98.5 Å². The largest absolute Gasteiger partial charge is 0.477 e. The highest BCUT2D eigenvalue weighted by Gasteiger charge is 2.14. The maximum atomic E-state index is 12.2. The van der Waals surface area contributed by atoms with Gasteiger partial charge in [0, 0.05) is 10.5 Å². The first-order valence-corrected chi connectivity index (χ1v) is 9.97. The first-order chi connectivity index (χ1) is 15.4. The Labute approximate surface area is 190 Å². The lowest BCUT2D eigenvalue weighted by atomic mass is 10.2. The lowest BCUT2D eigenvalue weighted by Gasteiger charge is -2.05. The van der Waals surface area contributed by atoms with E-state index in [1.807, 2.05) is 0 Å². The molecule has 32 heavy (non-hydrogen) atoms. The number of nitro groups is 1. The van der Waals surface area contributed by atoms with E-state index in [2.05, 4.69) is 26.5 Å². The Morgan fingerprint density at radius 1 is 1.06 bits per heavy atom. The molecule has 3 aromatic rings. The number of amides is 1. The van der Waals surface area contributed by atoms with E-state index in [1.165, 1.54) is 24.4 Å². The third-order valence-electron chi connectivity index (χ3n) is 3.97. The summed E-state index contributed by atoms with van der Waals surface area (Å²) in [5, 5.41) is 14.7. The van der Waals surface area contributed by atoms with Gasteiger partial charge in [0.1, 0.15) is 5.75 Å². The zero-order chi connectivity index (χ0) is 22.9. The van der Waals surface area contributed by atoms with Crippen molar-refractivity contribution in [2.45, 2.75) is 0 Å². The van der Waals surface area contributed by atoms with Crippen LogP contribution in [0.25, 0.3) is 0 Å². The summed E-state index contributed by atoms with van der Waals surface area (Å²) in [5.74, 6) is -0.726. The van der Waals surface area contributed by atoms with Gasteiger partial charge in [0.15, 0.2) is 12.4 Å². The summed E-state index contributed by atoms with van der Waals surface area (Å²) in [4.78, 5) is 34.3. The van der Waals surface area contributed by atoms with Crippen molar-refractivity contribution < 1.29 is 24.0 Å². The zero-order valence-corrected chi connectivity index (χ0v) is 18.0. The second-order valence-corrected chi connectivity index (χ2v) is 7.19. The quantitative estimate of drug-likeness (QED) is 0.164. The summed E-state index contributed by atoms with van der Waals surface area (Å²) in [6.07, 6.45) is 1.39. The number of esters is 1. The molecule has 0 aliphatic rings. The van der Waals surface area contributed by atoms with E-state index in [0.29, 0.717) is 16.9 Å². The molecule has 1 N–H and O–H groups in total. The van der Waals surface area contributed by atoms with E-state index in [0.717, 1.165) is 4.47 Å². The molecular formula is C22H16BrN3O6. The molecule has 0 aliphatic heterocycles. The number of nitrogens with zero attached hydrogens (tertiary/aromatic N) is 2. The van der Waals surface area contributed by atoms with Gasteiger partial charge in [-0.2, -0.15) is 5.10 Å². The number of hydrogen-bond acceptors (Lipinski definition) is 7. The Bertz CT molecular complexity index is 1160. The van der Waals surface area contributed by atoms with Crippen molar-refractivity contribution in [1.29, 1.82) is 0 Å². The summed E-state index contributed by atoms with van der Waals surface area (Å²) in [6.45, 7) is -0.438. The van der Waals surface area contributed by atoms with Crippen LogP contribution in [0, 0.1) is 10.1 Å². The summed E-state index contributed by atoms with van der Waals surface area (Å²) >= 11 is 3.30. The molecule has 0 atom stereocenters. The number of carbonyl (C=O) groups excluding carboxylic acids is 2. The van der Waals surface area contributed by atoms with Gasteiger partial charge in [-0.25, -0.2) is 10.2 Å². The van der Waals surface area contributed by atoms with Crippen molar-refractivity contribution in [1.82, 2.24) is 5.43 Å². The minimum atomic E-state index is -0.592. The minimum absolute atomic E-state index is 0.00961. The third kappa shape index (κ3) is 6.47. The molecule has 0 heterocycles. The van der Waals surface area contributed by atoms with Crippen LogP contribution in [0.4, 0.5) is 5.69 Å². The number of benzene rings is 3. The fraction of sp³-hybridized carbons (Fsp3) is 0.0455. The molecule has 1 amide bonds. The van der Waals surface area contributed by atoms with Gasteiger partial charge in [0.25, 0.3) is 5.91 Å². The number of ether oxygens (including phenoxy) is 2. The molecule has 0 aromatic heterocycles. The monoisotopic (exact) mass is 497 g/mol. The number of nitro benzene ring substituents is 1. The van der Waals surface area contributed by atoms with Crippen LogP contribution in [-0.4, -0.2) is 29.6 Å². The number of hydrogen-bond donors (Lipinski definition) is 1. The van der Waals surface area contributed by atoms with Gasteiger partial charge in [-0.1, -0.05) is 34.1 Å². The molecule has 3 rings (SSSR count). The lowest BCUT2D eigenvalue weighted by molar-refractivity contribution is -0.385. The van der Waals surface area contributed by atoms with Crippen LogP contribution in [0.1, 0.15) is 15.9 Å². The van der Waals surface area contributed by atoms with Gasteiger partial charge in [-0.3, -0.25) is 14.9 Å². The van der Waals surface area contributed by atoms with Crippen molar-refractivity contribution in [3.63, 3.8) is 0 Å². The number of halogens is 1. The number of para-hydroxylation sites is 2. The van der Waals surface area contributed by atoms with Crippen molar-refractivity contribution >= 4 is 39.7 Å². The first-order valence-electron chi connectivity index (χ1n) is 9.18. The molecule has 10 heteroatoms. The third-order valence-corrected chi connectivity index (χ3v) is 4.47. The van der Waals surface area contributed by atoms with Crippen LogP contribution in [0.15, 0.2) is 82.4 Å². The Hall–Kier alpha value is -4.05. The molecule has 0 aliphatic carbocycles. The predicted molar refractivity (Wildman–Crippen MR) is 120 cm³/mol. The Morgan fingerprint density at radius 2 is 1.81 bits per heavy atom. The van der Waals surface area contributed by atoms with Crippen LogP contribution < -0.4 is 14.9 Å². The van der Waals surface area contributed by atoms with Gasteiger partial charge in [0.2, 0.25) is 0 Å². The SMILES string of the molecule is O=C(COc1ccccc1[N+](=O)[O-])N/N=C/c1ccc(OC(=O)c2cccc(Br)c2)cc1. The van der Waals surface area contributed by atoms with Crippen LogP contribution in [-0.2, 0) is 4.79 Å². The zero-order valence-electron chi connectivity index (χ0n) is 16.4. The minimum Gasteiger partial charge on any atom is -0.477 e. The maximum Gasteiger partial charge on any atom is 0.343 e. The Morgan fingerprint density at radius 3 is 2.53 bits per heavy atom. The molecule has 0 spiro atoms. The van der Waals surface area contributed by atoms with E-state index < -0.39 is 23.4 Å². The molecule has 162 valence electrons. The van der Waals surface area contributed by atoms with Gasteiger partial charge in [0.05, 0.1) is 16.7 Å². The maximum absolute atomic E-state index is 12.2. The fourth-order valence-electron chi connectivity index (χ4n) is 2.49. The highest BCUT2D eigenvalue weighted by Crippen LogP contribution is 2.25. The molecule has 3 aromatic carbocycles. The normalized spacial score (nSPS) is 10.5. The van der Waals surface area contributed by atoms with E-state index in [4.69, 9.17) is 9.47 Å². The van der Waals surface area contributed by atoms with E-state index in [1.54, 1.807) is 54.6 Å². The van der Waals surface area contributed by atoms with Crippen LogP contribution in [0.5, 0.6) is 11.5 Å². The van der Waals surface area contributed by atoms with Gasteiger partial charge >= 0.3 is 11.7 Å². The van der Waals surface area contributed by atoms with E-state index in [9.17, 15) is 19.7 Å². The standard InChI is InChI=1S/C22H16BrN3O6/c23-17-5-3-4-16(12-17)22(28)32-18-10-8-15(9-11-18)13-24-25-21(27)14-31-20-7-2-1-6-19(20)26(29)30/h1-13H,14H2,(H,25,27)/b24-13+. The topological polar surface area (TPSA) is 120 Å². The Balaban J connectivity index is 1.49. The molecule has 0 bridgehead atoms. The van der Waals surface area contributed by atoms with Crippen LogP contribution >= 0.6 is 15.9 Å². The summed E-state index contributed by atoms with van der Waals surface area (Å²) in [5.41, 5.74) is 3.10. The van der Waals surface area contributed by atoms with E-state index >= 15 is 0 Å². The summed E-state index contributed by atoms with van der Waals surface area (Å²) in [7, 11) is 0. The molecule has 0 fully saturated rings. The van der Waals surface area contributed by atoms with E-state index in [-0.39, 0.29) is 11.4 Å². The molecule has 0 unspecified atom stereocenters. The van der Waals surface area contributed by atoms with Gasteiger partial charge < -0.3 is 9.47 Å². The van der Waals surface area contributed by atoms with Crippen LogP contribution in [0.2, 0.25) is 0 Å². The second kappa shape index (κ2) is 10.8. The first kappa shape index (κ1) is 22.6. The van der Waals surface area contributed by atoms with Gasteiger partial charge in [-0.15, -0.1) is 0 Å². The number of nitrogens with one attached hydrogen (secondary N) is 1. The number of hydrazone groups is 1. The molecule has 0 saturated heterocycles. The molecule has 0 saturated carbocycles.